The van der Waals surface area contributed by atoms with E-state index in [1.807, 2.05) is 59.5 Å². The fourth-order valence-corrected chi connectivity index (χ4v) is 3.90. The van der Waals surface area contributed by atoms with E-state index >= 15 is 0 Å². The Bertz CT molecular complexity index is 1300. The number of ether oxygens (including phenoxy) is 2. The Morgan fingerprint density at radius 1 is 0.939 bits per heavy atom. The number of rotatable bonds is 6. The predicted octanol–water partition coefficient (Wildman–Crippen LogP) is 3.76. The van der Waals surface area contributed by atoms with Gasteiger partial charge in [-0.05, 0) is 28.8 Å². The van der Waals surface area contributed by atoms with Gasteiger partial charge in [-0.1, -0.05) is 54.6 Å². The second kappa shape index (κ2) is 9.44. The van der Waals surface area contributed by atoms with Crippen molar-refractivity contribution in [1.29, 1.82) is 0 Å². The van der Waals surface area contributed by atoms with Crippen LogP contribution in [0.4, 0.5) is 6.01 Å². The van der Waals surface area contributed by atoms with E-state index in [0.717, 1.165) is 16.7 Å². The molecule has 3 aromatic carbocycles. The average Bonchev–Trinajstić information content (AvgIpc) is 2.88. The smallest absolute Gasteiger partial charge is 0.301 e. The molecule has 0 aliphatic carbocycles. The van der Waals surface area contributed by atoms with E-state index in [0.29, 0.717) is 55.2 Å². The van der Waals surface area contributed by atoms with Crippen LogP contribution in [0.25, 0.3) is 22.1 Å². The fraction of sp³-hybridized carbons (Fsp3) is 0.231. The first kappa shape index (κ1) is 21.2. The number of aliphatic hydroxyl groups is 1. The zero-order chi connectivity index (χ0) is 22.6. The second-order valence-electron chi connectivity index (χ2n) is 7.85. The quantitative estimate of drug-likeness (QED) is 0.485. The number of fused-ring (bicyclic) bond motifs is 1. The Balaban J connectivity index is 1.65. The molecule has 1 aliphatic heterocycles. The lowest BCUT2D eigenvalue weighted by atomic mass is 10.0. The van der Waals surface area contributed by atoms with Crippen LogP contribution in [-0.4, -0.2) is 36.4 Å². The Kier molecular flexibility index (Phi) is 6.06. The highest BCUT2D eigenvalue weighted by Crippen LogP contribution is 2.38. The molecule has 1 aromatic heterocycles. The minimum Gasteiger partial charge on any atom is -0.488 e. The molecule has 0 amide bonds. The lowest BCUT2D eigenvalue weighted by molar-refractivity contribution is 0.120. The molecule has 0 bridgehead atoms. The van der Waals surface area contributed by atoms with Gasteiger partial charge in [-0.3, -0.25) is 4.79 Å². The third-order valence-electron chi connectivity index (χ3n) is 5.68. The van der Waals surface area contributed by atoms with E-state index in [1.165, 1.54) is 0 Å². The minimum absolute atomic E-state index is 0.0483. The van der Waals surface area contributed by atoms with Gasteiger partial charge in [-0.2, -0.15) is 4.98 Å². The van der Waals surface area contributed by atoms with Crippen molar-refractivity contribution in [3.63, 3.8) is 0 Å². The molecule has 1 N–H and O–H groups in total. The molecule has 0 unspecified atom stereocenters. The summed E-state index contributed by atoms with van der Waals surface area (Å²) in [4.78, 5) is 19.0. The molecular weight excluding hydrogens is 420 g/mol. The molecule has 0 saturated carbocycles. The van der Waals surface area contributed by atoms with Crippen LogP contribution in [-0.2, 0) is 18.0 Å². The molecule has 7 nitrogen and oxygen atoms in total. The Morgan fingerprint density at radius 2 is 1.70 bits per heavy atom. The van der Waals surface area contributed by atoms with Gasteiger partial charge in [-0.15, -0.1) is 0 Å². The topological polar surface area (TPSA) is 85.0 Å². The summed E-state index contributed by atoms with van der Waals surface area (Å²) >= 11 is 0. The largest absolute Gasteiger partial charge is 0.488 e. The van der Waals surface area contributed by atoms with Crippen LogP contribution in [0, 0.1) is 0 Å². The summed E-state index contributed by atoms with van der Waals surface area (Å²) in [5, 5.41) is 9.83. The van der Waals surface area contributed by atoms with E-state index in [4.69, 9.17) is 13.9 Å². The second-order valence-corrected chi connectivity index (χ2v) is 7.85. The Morgan fingerprint density at radius 3 is 2.42 bits per heavy atom. The normalized spacial score (nSPS) is 13.9. The highest BCUT2D eigenvalue weighted by molar-refractivity contribution is 5.95. The van der Waals surface area contributed by atoms with Gasteiger partial charge in [0.15, 0.2) is 5.58 Å². The zero-order valence-electron chi connectivity index (χ0n) is 18.1. The maximum absolute atomic E-state index is 12.9. The number of nitrogens with zero attached hydrogens (tertiary/aromatic N) is 2. The zero-order valence-corrected chi connectivity index (χ0v) is 18.1. The summed E-state index contributed by atoms with van der Waals surface area (Å²) in [5.74, 6) is 0.602. The molecule has 1 fully saturated rings. The van der Waals surface area contributed by atoms with Gasteiger partial charge in [0.05, 0.1) is 30.8 Å². The van der Waals surface area contributed by atoms with Gasteiger partial charge in [0, 0.05) is 13.1 Å². The number of morpholine rings is 1. The highest BCUT2D eigenvalue weighted by atomic mass is 16.5. The van der Waals surface area contributed by atoms with Crippen LogP contribution in [0.15, 0.2) is 75.9 Å². The Hall–Kier alpha value is -3.68. The molecule has 168 valence electrons. The van der Waals surface area contributed by atoms with Crippen molar-refractivity contribution in [1.82, 2.24) is 4.98 Å². The SMILES string of the molecule is O=c1nc(N2CCOCC2)oc2c(-c3ccc(CO)cc3)c(OCc3ccccc3)ccc12. The first-order chi connectivity index (χ1) is 16.2. The monoisotopic (exact) mass is 444 g/mol. The van der Waals surface area contributed by atoms with Gasteiger partial charge in [-0.25, -0.2) is 0 Å². The molecule has 0 radical (unpaired) electrons. The van der Waals surface area contributed by atoms with Crippen molar-refractivity contribution < 1.29 is 19.0 Å². The molecule has 5 rings (SSSR count). The number of hydrogen-bond acceptors (Lipinski definition) is 7. The maximum Gasteiger partial charge on any atom is 0.301 e. The summed E-state index contributed by atoms with van der Waals surface area (Å²) < 4.78 is 17.9. The van der Waals surface area contributed by atoms with Gasteiger partial charge >= 0.3 is 6.01 Å². The fourth-order valence-electron chi connectivity index (χ4n) is 3.90. The Labute approximate surface area is 190 Å². The summed E-state index contributed by atoms with van der Waals surface area (Å²) in [6, 6.07) is 21.1. The van der Waals surface area contributed by atoms with Gasteiger partial charge < -0.3 is 23.9 Å². The van der Waals surface area contributed by atoms with Crippen LogP contribution in [0.5, 0.6) is 5.75 Å². The molecule has 2 heterocycles. The maximum atomic E-state index is 12.9. The lowest BCUT2D eigenvalue weighted by Crippen LogP contribution is -2.37. The van der Waals surface area contributed by atoms with Crippen molar-refractivity contribution >= 4 is 17.0 Å². The first-order valence-corrected chi connectivity index (χ1v) is 10.9. The summed E-state index contributed by atoms with van der Waals surface area (Å²) in [5.41, 5.74) is 3.41. The van der Waals surface area contributed by atoms with E-state index in [-0.39, 0.29) is 18.2 Å². The van der Waals surface area contributed by atoms with Gasteiger partial charge in [0.25, 0.3) is 5.56 Å². The minimum atomic E-state index is -0.347. The number of aliphatic hydroxyl groups excluding tert-OH is 1. The predicted molar refractivity (Wildman–Crippen MR) is 125 cm³/mol. The van der Waals surface area contributed by atoms with E-state index in [2.05, 4.69) is 4.98 Å². The van der Waals surface area contributed by atoms with Gasteiger partial charge in [0.2, 0.25) is 0 Å². The average molecular weight is 444 g/mol. The third kappa shape index (κ3) is 4.46. The molecule has 1 aliphatic rings. The van der Waals surface area contributed by atoms with Crippen LogP contribution in [0.2, 0.25) is 0 Å². The molecule has 7 heteroatoms. The third-order valence-corrected chi connectivity index (χ3v) is 5.68. The van der Waals surface area contributed by atoms with E-state index in [9.17, 15) is 9.90 Å². The summed E-state index contributed by atoms with van der Waals surface area (Å²) in [6.07, 6.45) is 0. The van der Waals surface area contributed by atoms with E-state index < -0.39 is 0 Å². The van der Waals surface area contributed by atoms with Crippen molar-refractivity contribution in [3.8, 4) is 16.9 Å². The number of anilines is 1. The summed E-state index contributed by atoms with van der Waals surface area (Å²) in [7, 11) is 0. The molecular formula is C26H24N2O5. The molecule has 33 heavy (non-hydrogen) atoms. The van der Waals surface area contributed by atoms with Crippen LogP contribution < -0.4 is 15.2 Å². The first-order valence-electron chi connectivity index (χ1n) is 10.9. The van der Waals surface area contributed by atoms with Gasteiger partial charge in [0.1, 0.15) is 12.4 Å². The standard InChI is InChI=1S/C26H24N2O5/c29-16-18-6-8-20(9-7-18)23-22(32-17-19-4-2-1-3-5-19)11-10-21-24(23)33-26(27-25(21)30)28-12-14-31-15-13-28/h1-11,29H,12-17H2. The van der Waals surface area contributed by atoms with Crippen molar-refractivity contribution in [3.05, 3.63) is 88.2 Å². The number of benzene rings is 3. The molecule has 0 spiro atoms. The van der Waals surface area contributed by atoms with Crippen LogP contribution in [0.3, 0.4) is 0 Å². The van der Waals surface area contributed by atoms with Crippen LogP contribution in [0.1, 0.15) is 11.1 Å². The van der Waals surface area contributed by atoms with Crippen molar-refractivity contribution in [2.75, 3.05) is 31.2 Å². The number of hydrogen-bond donors (Lipinski definition) is 1. The van der Waals surface area contributed by atoms with Crippen molar-refractivity contribution in [2.24, 2.45) is 0 Å². The summed E-state index contributed by atoms with van der Waals surface area (Å²) in [6.45, 7) is 2.64. The lowest BCUT2D eigenvalue weighted by Gasteiger charge is -2.26. The molecule has 1 saturated heterocycles. The number of aromatic nitrogens is 1. The molecule has 4 aromatic rings. The van der Waals surface area contributed by atoms with Crippen molar-refractivity contribution in [2.45, 2.75) is 13.2 Å². The van der Waals surface area contributed by atoms with E-state index in [1.54, 1.807) is 12.1 Å². The highest BCUT2D eigenvalue weighted by Gasteiger charge is 2.21. The van der Waals surface area contributed by atoms with Crippen LogP contribution >= 0.6 is 0 Å². The molecule has 0 atom stereocenters.